The molecule has 2 aromatic heterocycles. The second-order valence-electron chi connectivity index (χ2n) is 7.75. The molecule has 0 aromatic carbocycles. The summed E-state index contributed by atoms with van der Waals surface area (Å²) in [6.07, 6.45) is 3.86. The van der Waals surface area contributed by atoms with Crippen molar-refractivity contribution in [2.45, 2.75) is 46.6 Å². The Labute approximate surface area is 177 Å². The molecule has 158 valence electrons. The summed E-state index contributed by atoms with van der Waals surface area (Å²) in [5, 5.41) is 8.87. The van der Waals surface area contributed by atoms with Crippen LogP contribution in [0.15, 0.2) is 24.4 Å². The number of ketones is 1. The van der Waals surface area contributed by atoms with Crippen molar-refractivity contribution < 1.29 is 14.3 Å². The highest BCUT2D eigenvalue weighted by atomic mass is 16.5. The minimum atomic E-state index is -0.307. The van der Waals surface area contributed by atoms with Gasteiger partial charge in [-0.15, -0.1) is 0 Å². The van der Waals surface area contributed by atoms with Gasteiger partial charge in [0.1, 0.15) is 11.9 Å². The quantitative estimate of drug-likeness (QED) is 0.515. The van der Waals surface area contributed by atoms with Gasteiger partial charge in [0.05, 0.1) is 11.5 Å². The van der Waals surface area contributed by atoms with Crippen LogP contribution in [-0.4, -0.2) is 41.0 Å². The van der Waals surface area contributed by atoms with Crippen molar-refractivity contribution >= 4 is 17.6 Å². The van der Waals surface area contributed by atoms with Gasteiger partial charge in [-0.3, -0.25) is 9.59 Å². The second kappa shape index (κ2) is 9.57. The number of pyridine rings is 1. The molecule has 0 N–H and O–H groups in total. The maximum Gasteiger partial charge on any atom is 0.309 e. The normalized spacial score (nSPS) is 14.4. The molecule has 0 radical (unpaired) electrons. The van der Waals surface area contributed by atoms with E-state index in [0.29, 0.717) is 37.1 Å². The van der Waals surface area contributed by atoms with E-state index in [4.69, 9.17) is 10.00 Å². The lowest BCUT2D eigenvalue weighted by molar-refractivity contribution is -0.148. The zero-order valence-electron chi connectivity index (χ0n) is 17.9. The first-order valence-corrected chi connectivity index (χ1v) is 10.4. The Morgan fingerprint density at radius 3 is 2.60 bits per heavy atom. The lowest BCUT2D eigenvalue weighted by Gasteiger charge is -2.31. The van der Waals surface area contributed by atoms with Crippen LogP contribution in [0.3, 0.4) is 0 Å². The Kier molecular flexibility index (Phi) is 6.88. The molecule has 0 atom stereocenters. The Morgan fingerprint density at radius 1 is 1.27 bits per heavy atom. The minimum absolute atomic E-state index is 0.155. The number of carbonyl (C=O) groups is 2. The van der Waals surface area contributed by atoms with E-state index >= 15 is 0 Å². The predicted octanol–water partition coefficient (Wildman–Crippen LogP) is 3.42. The number of piperidine rings is 1. The van der Waals surface area contributed by atoms with Gasteiger partial charge < -0.3 is 14.2 Å². The Bertz CT molecular complexity index is 948. The molecule has 1 fully saturated rings. The van der Waals surface area contributed by atoms with Gasteiger partial charge in [-0.25, -0.2) is 4.98 Å². The van der Waals surface area contributed by atoms with Crippen LogP contribution in [0.4, 0.5) is 5.82 Å². The molecular formula is C23H28N4O3. The first-order chi connectivity index (χ1) is 14.4. The summed E-state index contributed by atoms with van der Waals surface area (Å²) in [5.74, 6) is 0.134. The van der Waals surface area contributed by atoms with Gasteiger partial charge in [-0.2, -0.15) is 5.26 Å². The second-order valence-corrected chi connectivity index (χ2v) is 7.75. The van der Waals surface area contributed by atoms with Crippen molar-refractivity contribution in [1.82, 2.24) is 9.55 Å². The molecular weight excluding hydrogens is 380 g/mol. The van der Waals surface area contributed by atoms with Gasteiger partial charge in [-0.1, -0.05) is 6.92 Å². The number of aromatic nitrogens is 2. The van der Waals surface area contributed by atoms with E-state index in [2.05, 4.69) is 27.4 Å². The monoisotopic (exact) mass is 408 g/mol. The maximum absolute atomic E-state index is 12.6. The van der Waals surface area contributed by atoms with Crippen molar-refractivity contribution in [2.24, 2.45) is 5.92 Å². The smallest absolute Gasteiger partial charge is 0.309 e. The van der Waals surface area contributed by atoms with Gasteiger partial charge in [-0.05, 0) is 51.3 Å². The summed E-state index contributed by atoms with van der Waals surface area (Å²) in [7, 11) is 0. The number of nitrogens with zero attached hydrogens (tertiary/aromatic N) is 4. The molecule has 0 bridgehead atoms. The van der Waals surface area contributed by atoms with Crippen LogP contribution in [0.25, 0.3) is 0 Å². The predicted molar refractivity (Wildman–Crippen MR) is 113 cm³/mol. The van der Waals surface area contributed by atoms with Gasteiger partial charge >= 0.3 is 5.97 Å². The molecule has 0 unspecified atom stereocenters. The first-order valence-electron chi connectivity index (χ1n) is 10.4. The summed E-state index contributed by atoms with van der Waals surface area (Å²) < 4.78 is 7.49. The lowest BCUT2D eigenvalue weighted by Crippen LogP contribution is -2.37. The lowest BCUT2D eigenvalue weighted by atomic mass is 9.97. The van der Waals surface area contributed by atoms with Gasteiger partial charge in [0.15, 0.2) is 6.61 Å². The van der Waals surface area contributed by atoms with Crippen LogP contribution in [0.1, 0.15) is 53.5 Å². The third-order valence-electron chi connectivity index (χ3n) is 5.70. The summed E-state index contributed by atoms with van der Waals surface area (Å²) >= 11 is 0. The van der Waals surface area contributed by atoms with E-state index in [0.717, 1.165) is 30.2 Å². The highest BCUT2D eigenvalue weighted by molar-refractivity contribution is 5.99. The molecule has 1 aliphatic heterocycles. The molecule has 0 spiro atoms. The molecule has 30 heavy (non-hydrogen) atoms. The topological polar surface area (TPSA) is 88.2 Å². The molecule has 0 aliphatic carbocycles. The highest BCUT2D eigenvalue weighted by Gasteiger charge is 2.27. The van der Waals surface area contributed by atoms with E-state index in [9.17, 15) is 9.59 Å². The van der Waals surface area contributed by atoms with E-state index in [1.165, 1.54) is 0 Å². The fourth-order valence-corrected chi connectivity index (χ4v) is 3.97. The van der Waals surface area contributed by atoms with Crippen molar-refractivity contribution in [3.63, 3.8) is 0 Å². The average molecular weight is 409 g/mol. The highest BCUT2D eigenvalue weighted by Crippen LogP contribution is 2.23. The number of nitriles is 1. The largest absolute Gasteiger partial charge is 0.457 e. The van der Waals surface area contributed by atoms with E-state index in [1.54, 1.807) is 12.3 Å². The molecule has 7 heteroatoms. The fourth-order valence-electron chi connectivity index (χ4n) is 3.97. The number of hydrogen-bond acceptors (Lipinski definition) is 6. The summed E-state index contributed by atoms with van der Waals surface area (Å²) in [5.41, 5.74) is 3.14. The van der Waals surface area contributed by atoms with E-state index in [1.807, 2.05) is 26.0 Å². The number of carbonyl (C=O) groups excluding carboxylic acids is 2. The molecule has 7 nitrogen and oxygen atoms in total. The van der Waals surface area contributed by atoms with Gasteiger partial charge in [0.25, 0.3) is 0 Å². The maximum atomic E-state index is 12.6. The zero-order valence-corrected chi connectivity index (χ0v) is 17.9. The first kappa shape index (κ1) is 21.6. The standard InChI is InChI=1S/C23H28N4O3/c1-4-9-27-16(2)12-20(17(27)3)21(28)15-30-23(29)19-7-10-26(11-8-19)22-6-5-18(13-24)14-25-22/h5-6,12,14,19H,4,7-11,15H2,1-3H3. The number of hydrogen-bond donors (Lipinski definition) is 0. The molecule has 1 saturated heterocycles. The summed E-state index contributed by atoms with van der Waals surface area (Å²) in [6.45, 7) is 8.05. The van der Waals surface area contributed by atoms with Crippen molar-refractivity contribution in [3.8, 4) is 6.07 Å². The molecule has 0 saturated carbocycles. The molecule has 3 heterocycles. The number of ether oxygens (including phenoxy) is 1. The third kappa shape index (κ3) is 4.70. The van der Waals surface area contributed by atoms with Crippen LogP contribution in [0.5, 0.6) is 0 Å². The van der Waals surface area contributed by atoms with Crippen molar-refractivity contribution in [2.75, 3.05) is 24.6 Å². The number of anilines is 1. The number of esters is 1. The van der Waals surface area contributed by atoms with Crippen LogP contribution in [0, 0.1) is 31.1 Å². The zero-order chi connectivity index (χ0) is 21.7. The average Bonchev–Trinajstić information content (AvgIpc) is 3.06. The van der Waals surface area contributed by atoms with Crippen LogP contribution < -0.4 is 4.90 Å². The number of rotatable bonds is 7. The molecule has 2 aromatic rings. The van der Waals surface area contributed by atoms with E-state index < -0.39 is 0 Å². The Morgan fingerprint density at radius 2 is 2.00 bits per heavy atom. The minimum Gasteiger partial charge on any atom is -0.457 e. The fraction of sp³-hybridized carbons (Fsp3) is 0.478. The Balaban J connectivity index is 1.51. The molecule has 3 rings (SSSR count). The third-order valence-corrected chi connectivity index (χ3v) is 5.70. The van der Waals surface area contributed by atoms with Crippen LogP contribution in [0.2, 0.25) is 0 Å². The number of Topliss-reactive ketones (excluding diaryl/α,β-unsaturated/α-hetero) is 1. The van der Waals surface area contributed by atoms with E-state index in [-0.39, 0.29) is 24.3 Å². The number of aryl methyl sites for hydroxylation is 1. The van der Waals surface area contributed by atoms with Crippen molar-refractivity contribution in [3.05, 3.63) is 46.9 Å². The summed E-state index contributed by atoms with van der Waals surface area (Å²) in [6, 6.07) is 7.50. The van der Waals surface area contributed by atoms with Gasteiger partial charge in [0.2, 0.25) is 5.78 Å². The van der Waals surface area contributed by atoms with Crippen molar-refractivity contribution in [1.29, 1.82) is 5.26 Å². The summed E-state index contributed by atoms with van der Waals surface area (Å²) in [4.78, 5) is 31.5. The molecule has 0 amide bonds. The van der Waals surface area contributed by atoms with Gasteiger partial charge in [0, 0.05) is 42.8 Å². The Hall–Kier alpha value is -3.14. The SMILES string of the molecule is CCCn1c(C)cc(C(=O)COC(=O)C2CCN(c3ccc(C#N)cn3)CC2)c1C. The van der Waals surface area contributed by atoms with Crippen LogP contribution >= 0.6 is 0 Å². The van der Waals surface area contributed by atoms with Crippen LogP contribution in [-0.2, 0) is 16.1 Å². The molecule has 1 aliphatic rings.